The van der Waals surface area contributed by atoms with Crippen molar-refractivity contribution in [1.82, 2.24) is 4.90 Å². The van der Waals surface area contributed by atoms with Crippen molar-refractivity contribution in [3.63, 3.8) is 0 Å². The Morgan fingerprint density at radius 1 is 1.00 bits per heavy atom. The van der Waals surface area contributed by atoms with Gasteiger partial charge in [-0.15, -0.1) is 0 Å². The number of nitrogens with zero attached hydrogens (tertiary/aromatic N) is 3. The highest BCUT2D eigenvalue weighted by atomic mass is 19.4. The lowest BCUT2D eigenvalue weighted by molar-refractivity contribution is -0.186. The van der Waals surface area contributed by atoms with Crippen LogP contribution in [0.1, 0.15) is 35.4 Å². The first kappa shape index (κ1) is 31.3. The quantitative estimate of drug-likeness (QED) is 0.217. The molecule has 3 aromatic rings. The highest BCUT2D eigenvalue weighted by molar-refractivity contribution is 5.94. The number of alkyl halides is 3. The van der Waals surface area contributed by atoms with E-state index in [1.807, 2.05) is 65.6 Å². The highest BCUT2D eigenvalue weighted by Gasteiger charge is 2.43. The molecular weight excluding hydrogens is 557 g/mol. The molecule has 7 nitrogen and oxygen atoms in total. The molecule has 4 rings (SSSR count). The lowest BCUT2D eigenvalue weighted by atomic mass is 9.89. The number of piperidine rings is 1. The van der Waals surface area contributed by atoms with Gasteiger partial charge in [0.2, 0.25) is 5.91 Å². The summed E-state index contributed by atoms with van der Waals surface area (Å²) in [7, 11) is 0. The van der Waals surface area contributed by atoms with Crippen LogP contribution in [0.3, 0.4) is 0 Å². The van der Waals surface area contributed by atoms with Crippen molar-refractivity contribution in [2.24, 2.45) is 0 Å². The summed E-state index contributed by atoms with van der Waals surface area (Å²) in [5.74, 6) is -2.00. The van der Waals surface area contributed by atoms with E-state index < -0.39 is 12.1 Å². The SMILES string of the molecule is N#Cc1cccc(N(C/C=C/COCc2ccccc2)CC(=O)Nc2ccc(C3CCN(C(=O)C(F)(F)F)CC3)cc2)c1. The summed E-state index contributed by atoms with van der Waals surface area (Å²) in [6, 6.07) is 26.3. The van der Waals surface area contributed by atoms with Gasteiger partial charge in [0.25, 0.3) is 0 Å². The molecule has 0 bridgehead atoms. The average Bonchev–Trinajstić information content (AvgIpc) is 3.02. The van der Waals surface area contributed by atoms with Crippen LogP contribution in [0.15, 0.2) is 91.0 Å². The third kappa shape index (κ3) is 9.45. The Morgan fingerprint density at radius 2 is 1.72 bits per heavy atom. The molecule has 1 N–H and O–H groups in total. The van der Waals surface area contributed by atoms with E-state index in [9.17, 15) is 28.0 Å². The maximum Gasteiger partial charge on any atom is 0.471 e. The minimum Gasteiger partial charge on any atom is -0.373 e. The van der Waals surface area contributed by atoms with Crippen LogP contribution >= 0.6 is 0 Å². The van der Waals surface area contributed by atoms with Gasteiger partial charge in [-0.05, 0) is 60.2 Å². The third-order valence-electron chi connectivity index (χ3n) is 7.18. The Balaban J connectivity index is 1.31. The average molecular weight is 591 g/mol. The van der Waals surface area contributed by atoms with E-state index in [0.29, 0.717) is 43.9 Å². The molecule has 1 aliphatic heterocycles. The summed E-state index contributed by atoms with van der Waals surface area (Å²) in [4.78, 5) is 27.2. The smallest absolute Gasteiger partial charge is 0.373 e. The van der Waals surface area contributed by atoms with Crippen LogP contribution in [-0.4, -0.2) is 55.7 Å². The first-order chi connectivity index (χ1) is 20.7. The number of amides is 2. The predicted octanol–water partition coefficient (Wildman–Crippen LogP) is 6.04. The number of halogens is 3. The van der Waals surface area contributed by atoms with Crippen LogP contribution in [-0.2, 0) is 20.9 Å². The molecule has 1 fully saturated rings. The van der Waals surface area contributed by atoms with Crippen molar-refractivity contribution >= 4 is 23.2 Å². The van der Waals surface area contributed by atoms with Gasteiger partial charge >= 0.3 is 12.1 Å². The number of nitriles is 1. The van der Waals surface area contributed by atoms with Gasteiger partial charge in [0.1, 0.15) is 0 Å². The summed E-state index contributed by atoms with van der Waals surface area (Å²) in [6.45, 7) is 1.48. The summed E-state index contributed by atoms with van der Waals surface area (Å²) in [5.41, 5.74) is 3.84. The molecule has 1 saturated heterocycles. The zero-order chi connectivity index (χ0) is 30.7. The zero-order valence-electron chi connectivity index (χ0n) is 23.6. The Labute approximate surface area is 249 Å². The van der Waals surface area contributed by atoms with Crippen molar-refractivity contribution < 1.29 is 27.5 Å². The number of nitrogens with one attached hydrogen (secondary N) is 1. The van der Waals surface area contributed by atoms with Gasteiger partial charge in [0.15, 0.2) is 0 Å². The van der Waals surface area contributed by atoms with Gasteiger partial charge in [0.05, 0.1) is 31.4 Å². The number of likely N-dealkylation sites (tertiary alicyclic amines) is 1. The van der Waals surface area contributed by atoms with Gasteiger partial charge in [-0.1, -0.05) is 60.7 Å². The molecule has 0 saturated carbocycles. The van der Waals surface area contributed by atoms with E-state index in [1.165, 1.54) is 0 Å². The summed E-state index contributed by atoms with van der Waals surface area (Å²) < 4.78 is 43.9. The van der Waals surface area contributed by atoms with Crippen LogP contribution in [0.25, 0.3) is 0 Å². The van der Waals surface area contributed by atoms with Gasteiger partial charge in [0, 0.05) is 31.0 Å². The number of anilines is 2. The number of rotatable bonds is 11. The lowest BCUT2D eigenvalue weighted by Crippen LogP contribution is -2.45. The number of carbonyl (C=O) groups excluding carboxylic acids is 2. The maximum absolute atomic E-state index is 13.0. The lowest BCUT2D eigenvalue weighted by Gasteiger charge is -2.32. The van der Waals surface area contributed by atoms with Gasteiger partial charge in [-0.25, -0.2) is 0 Å². The van der Waals surface area contributed by atoms with E-state index >= 15 is 0 Å². The highest BCUT2D eigenvalue weighted by Crippen LogP contribution is 2.31. The Morgan fingerprint density at radius 3 is 2.40 bits per heavy atom. The number of carbonyl (C=O) groups is 2. The summed E-state index contributed by atoms with van der Waals surface area (Å²) in [6.07, 6.45) is -0.165. The van der Waals surface area contributed by atoms with Crippen LogP contribution in [0, 0.1) is 11.3 Å². The van der Waals surface area contributed by atoms with E-state index in [0.717, 1.165) is 21.7 Å². The molecule has 0 unspecified atom stereocenters. The fraction of sp³-hybridized carbons (Fsp3) is 0.303. The molecule has 224 valence electrons. The molecule has 1 heterocycles. The second-order valence-electron chi connectivity index (χ2n) is 10.2. The second kappa shape index (κ2) is 15.0. The molecule has 1 aliphatic rings. The molecule has 0 spiro atoms. The van der Waals surface area contributed by atoms with Crippen LogP contribution in [0.5, 0.6) is 0 Å². The fourth-order valence-corrected chi connectivity index (χ4v) is 4.93. The maximum atomic E-state index is 13.0. The summed E-state index contributed by atoms with van der Waals surface area (Å²) >= 11 is 0. The summed E-state index contributed by atoms with van der Waals surface area (Å²) in [5, 5.41) is 12.2. The zero-order valence-corrected chi connectivity index (χ0v) is 23.6. The van der Waals surface area contributed by atoms with E-state index in [1.54, 1.807) is 30.3 Å². The molecule has 0 aliphatic carbocycles. The molecule has 0 radical (unpaired) electrons. The first-order valence-electron chi connectivity index (χ1n) is 14.0. The van der Waals surface area contributed by atoms with Gasteiger partial charge < -0.3 is 19.9 Å². The van der Waals surface area contributed by atoms with Crippen molar-refractivity contribution in [2.45, 2.75) is 31.5 Å². The number of ether oxygens (including phenoxy) is 1. The number of benzene rings is 3. The molecule has 43 heavy (non-hydrogen) atoms. The largest absolute Gasteiger partial charge is 0.471 e. The van der Waals surface area contributed by atoms with Crippen molar-refractivity contribution in [1.29, 1.82) is 5.26 Å². The van der Waals surface area contributed by atoms with E-state index in [4.69, 9.17) is 4.74 Å². The molecule has 2 amide bonds. The third-order valence-corrected chi connectivity index (χ3v) is 7.18. The fourth-order valence-electron chi connectivity index (χ4n) is 4.93. The van der Waals surface area contributed by atoms with Crippen LogP contribution < -0.4 is 10.2 Å². The van der Waals surface area contributed by atoms with Crippen molar-refractivity contribution in [3.05, 3.63) is 108 Å². The number of hydrogen-bond acceptors (Lipinski definition) is 5. The monoisotopic (exact) mass is 590 g/mol. The Bertz CT molecular complexity index is 1430. The molecule has 10 heteroatoms. The predicted molar refractivity (Wildman–Crippen MR) is 158 cm³/mol. The number of hydrogen-bond donors (Lipinski definition) is 1. The second-order valence-corrected chi connectivity index (χ2v) is 10.2. The molecule has 0 atom stereocenters. The minimum absolute atomic E-state index is 0.0356. The van der Waals surface area contributed by atoms with E-state index in [2.05, 4.69) is 11.4 Å². The topological polar surface area (TPSA) is 85.7 Å². The standard InChI is InChI=1S/C33H33F3N4O3/c34-33(35,36)32(42)39-18-15-28(16-19-39)27-11-13-29(14-12-27)38-31(41)23-40(30-10-6-9-26(21-30)22-37)17-4-5-20-43-24-25-7-2-1-3-8-25/h1-14,21,28H,15-20,23-24H2,(H,38,41)/b5-4+. The molecule has 3 aromatic carbocycles. The normalized spacial score (nSPS) is 14.0. The Kier molecular flexibility index (Phi) is 10.9. The van der Waals surface area contributed by atoms with Gasteiger partial charge in [-0.3, -0.25) is 9.59 Å². The minimum atomic E-state index is -4.85. The molecular formula is C33H33F3N4O3. The molecule has 0 aromatic heterocycles. The van der Waals surface area contributed by atoms with Crippen LogP contribution in [0.4, 0.5) is 24.5 Å². The van der Waals surface area contributed by atoms with Crippen molar-refractivity contribution in [2.75, 3.05) is 43.0 Å². The van der Waals surface area contributed by atoms with Crippen molar-refractivity contribution in [3.8, 4) is 6.07 Å². The van der Waals surface area contributed by atoms with Crippen LogP contribution in [0.2, 0.25) is 0 Å². The Hall–Kier alpha value is -4.62. The van der Waals surface area contributed by atoms with E-state index in [-0.39, 0.29) is 31.5 Å². The first-order valence-corrected chi connectivity index (χ1v) is 14.0. The van der Waals surface area contributed by atoms with Gasteiger partial charge in [-0.2, -0.15) is 18.4 Å².